The molecule has 1 aliphatic rings. The number of thiocarbonyl (C=S) groups is 1. The quantitative estimate of drug-likeness (QED) is 0.744. The molecule has 6 heteroatoms. The summed E-state index contributed by atoms with van der Waals surface area (Å²) in [5.41, 5.74) is 5.14. The van der Waals surface area contributed by atoms with Gasteiger partial charge >= 0.3 is 0 Å². The highest BCUT2D eigenvalue weighted by molar-refractivity contribution is 7.89. The van der Waals surface area contributed by atoms with E-state index in [1.807, 2.05) is 20.8 Å². The molecule has 2 N–H and O–H groups in total. The van der Waals surface area contributed by atoms with Crippen LogP contribution in [0.4, 0.5) is 0 Å². The van der Waals surface area contributed by atoms with Gasteiger partial charge in [-0.15, -0.1) is 0 Å². The summed E-state index contributed by atoms with van der Waals surface area (Å²) in [6.45, 7) is 6.64. The summed E-state index contributed by atoms with van der Waals surface area (Å²) in [6, 6.07) is 0. The van der Waals surface area contributed by atoms with Gasteiger partial charge < -0.3 is 5.73 Å². The molecule has 0 aliphatic carbocycles. The third-order valence-electron chi connectivity index (χ3n) is 2.64. The van der Waals surface area contributed by atoms with Crippen molar-refractivity contribution in [1.29, 1.82) is 0 Å². The smallest absolute Gasteiger partial charge is 0.214 e. The molecule has 0 bridgehead atoms. The first-order chi connectivity index (χ1) is 6.65. The molecule has 1 saturated heterocycles. The molecular weight excluding hydrogens is 232 g/mol. The Bertz CT molecular complexity index is 362. The molecule has 0 amide bonds. The lowest BCUT2D eigenvalue weighted by atomic mass is 9.93. The van der Waals surface area contributed by atoms with Crippen molar-refractivity contribution in [3.8, 4) is 0 Å². The molecule has 1 aliphatic heterocycles. The minimum Gasteiger partial charge on any atom is -0.393 e. The van der Waals surface area contributed by atoms with E-state index in [-0.39, 0.29) is 11.7 Å². The molecule has 1 unspecified atom stereocenters. The number of rotatable bonds is 3. The minimum absolute atomic E-state index is 0.192. The first kappa shape index (κ1) is 12.9. The zero-order valence-corrected chi connectivity index (χ0v) is 11.0. The monoisotopic (exact) mass is 250 g/mol. The van der Waals surface area contributed by atoms with Crippen LogP contribution in [0.1, 0.15) is 20.8 Å². The molecule has 15 heavy (non-hydrogen) atoms. The van der Waals surface area contributed by atoms with Crippen LogP contribution >= 0.6 is 12.2 Å². The first-order valence-corrected chi connectivity index (χ1v) is 6.94. The van der Waals surface area contributed by atoms with E-state index in [4.69, 9.17) is 18.0 Å². The normalized spacial score (nSPS) is 26.7. The predicted molar refractivity (Wildman–Crippen MR) is 65.1 cm³/mol. The lowest BCUT2D eigenvalue weighted by Gasteiger charge is -2.28. The van der Waals surface area contributed by atoms with Gasteiger partial charge in [0.05, 0.1) is 10.7 Å². The van der Waals surface area contributed by atoms with Crippen molar-refractivity contribution in [2.75, 3.05) is 18.8 Å². The molecule has 4 nitrogen and oxygen atoms in total. The van der Waals surface area contributed by atoms with E-state index in [2.05, 4.69) is 0 Å². The minimum atomic E-state index is -3.08. The molecule has 1 heterocycles. The van der Waals surface area contributed by atoms with Crippen LogP contribution in [-0.4, -0.2) is 36.6 Å². The van der Waals surface area contributed by atoms with Crippen molar-refractivity contribution >= 4 is 27.2 Å². The third-order valence-corrected chi connectivity index (χ3v) is 5.25. The SMILES string of the molecule is CC1CN(CC(C)(C)C(N)=S)S(=O)(=O)C1. The molecule has 0 aromatic heterocycles. The van der Waals surface area contributed by atoms with Gasteiger partial charge in [0.2, 0.25) is 10.0 Å². The molecule has 0 aromatic carbocycles. The van der Waals surface area contributed by atoms with E-state index in [9.17, 15) is 8.42 Å². The molecule has 1 rings (SSSR count). The van der Waals surface area contributed by atoms with Crippen LogP contribution in [0, 0.1) is 11.3 Å². The Kier molecular flexibility index (Phi) is 3.42. The Morgan fingerprint density at radius 3 is 2.47 bits per heavy atom. The van der Waals surface area contributed by atoms with Crippen molar-refractivity contribution in [3.05, 3.63) is 0 Å². The van der Waals surface area contributed by atoms with E-state index in [1.165, 1.54) is 4.31 Å². The topological polar surface area (TPSA) is 63.4 Å². The van der Waals surface area contributed by atoms with E-state index >= 15 is 0 Å². The van der Waals surface area contributed by atoms with Gasteiger partial charge in [0, 0.05) is 18.5 Å². The maximum atomic E-state index is 11.7. The second-order valence-electron chi connectivity index (χ2n) is 4.92. The fraction of sp³-hybridized carbons (Fsp3) is 0.889. The number of nitrogens with zero attached hydrogens (tertiary/aromatic N) is 1. The van der Waals surface area contributed by atoms with Crippen LogP contribution in [0.3, 0.4) is 0 Å². The Morgan fingerprint density at radius 2 is 2.13 bits per heavy atom. The number of hydrogen-bond donors (Lipinski definition) is 1. The molecule has 0 spiro atoms. The fourth-order valence-corrected chi connectivity index (χ4v) is 3.76. The van der Waals surface area contributed by atoms with Gasteiger partial charge in [-0.3, -0.25) is 0 Å². The maximum absolute atomic E-state index is 11.7. The van der Waals surface area contributed by atoms with Crippen LogP contribution in [0.25, 0.3) is 0 Å². The average Bonchev–Trinajstić information content (AvgIpc) is 2.23. The van der Waals surface area contributed by atoms with Crippen LogP contribution < -0.4 is 5.73 Å². The number of nitrogens with two attached hydrogens (primary N) is 1. The van der Waals surface area contributed by atoms with E-state index in [0.717, 1.165) is 0 Å². The molecule has 88 valence electrons. The number of hydrogen-bond acceptors (Lipinski definition) is 3. The van der Waals surface area contributed by atoms with Gasteiger partial charge in [-0.1, -0.05) is 33.0 Å². The van der Waals surface area contributed by atoms with Gasteiger partial charge in [0.1, 0.15) is 0 Å². The van der Waals surface area contributed by atoms with Crippen molar-refractivity contribution in [2.24, 2.45) is 17.1 Å². The summed E-state index contributed by atoms with van der Waals surface area (Å²) in [6.07, 6.45) is 0. The molecule has 1 fully saturated rings. The zero-order chi connectivity index (χ0) is 11.9. The van der Waals surface area contributed by atoms with Crippen LogP contribution in [0.5, 0.6) is 0 Å². The van der Waals surface area contributed by atoms with Gasteiger partial charge in [-0.2, -0.15) is 0 Å². The first-order valence-electron chi connectivity index (χ1n) is 4.93. The summed E-state index contributed by atoms with van der Waals surface area (Å²) in [5.74, 6) is 0.428. The third kappa shape index (κ3) is 2.89. The summed E-state index contributed by atoms with van der Waals surface area (Å²) >= 11 is 4.93. The Labute approximate surface area is 96.9 Å². The summed E-state index contributed by atoms with van der Waals surface area (Å²) in [5, 5.41) is 0. The largest absolute Gasteiger partial charge is 0.393 e. The zero-order valence-electron chi connectivity index (χ0n) is 9.36. The Morgan fingerprint density at radius 1 is 1.60 bits per heavy atom. The molecule has 0 radical (unpaired) electrons. The van der Waals surface area contributed by atoms with Gasteiger partial charge in [0.25, 0.3) is 0 Å². The maximum Gasteiger partial charge on any atom is 0.214 e. The van der Waals surface area contributed by atoms with Crippen molar-refractivity contribution in [2.45, 2.75) is 20.8 Å². The van der Waals surface area contributed by atoms with Crippen LogP contribution in [-0.2, 0) is 10.0 Å². The second kappa shape index (κ2) is 3.99. The van der Waals surface area contributed by atoms with E-state index in [0.29, 0.717) is 18.1 Å². The Balaban J connectivity index is 2.80. The highest BCUT2D eigenvalue weighted by Crippen LogP contribution is 2.25. The summed E-state index contributed by atoms with van der Waals surface area (Å²) in [7, 11) is -3.08. The van der Waals surface area contributed by atoms with Crippen LogP contribution in [0.2, 0.25) is 0 Å². The van der Waals surface area contributed by atoms with Crippen molar-refractivity contribution < 1.29 is 8.42 Å². The van der Waals surface area contributed by atoms with Gasteiger partial charge in [0.15, 0.2) is 0 Å². The summed E-state index contributed by atoms with van der Waals surface area (Å²) in [4.78, 5) is 0.359. The van der Waals surface area contributed by atoms with Gasteiger partial charge in [-0.05, 0) is 5.92 Å². The van der Waals surface area contributed by atoms with Gasteiger partial charge in [-0.25, -0.2) is 12.7 Å². The standard InChI is InChI=1S/C9H18N2O2S2/c1-7-4-11(15(12,13)5-7)6-9(2,3)8(10)14/h7H,4-6H2,1-3H3,(H2,10,14). The number of sulfonamides is 1. The predicted octanol–water partition coefficient (Wildman–Crippen LogP) is 0.580. The molecular formula is C9H18N2O2S2. The summed E-state index contributed by atoms with van der Waals surface area (Å²) < 4.78 is 24.9. The average molecular weight is 250 g/mol. The lowest BCUT2D eigenvalue weighted by molar-refractivity contribution is 0.331. The van der Waals surface area contributed by atoms with E-state index in [1.54, 1.807) is 0 Å². The Hall–Kier alpha value is -0.200. The molecule has 0 saturated carbocycles. The van der Waals surface area contributed by atoms with Crippen molar-refractivity contribution in [1.82, 2.24) is 4.31 Å². The van der Waals surface area contributed by atoms with Crippen molar-refractivity contribution in [3.63, 3.8) is 0 Å². The second-order valence-corrected chi connectivity index (χ2v) is 7.38. The highest BCUT2D eigenvalue weighted by Gasteiger charge is 2.37. The van der Waals surface area contributed by atoms with Crippen LogP contribution in [0.15, 0.2) is 0 Å². The fourth-order valence-electron chi connectivity index (χ4n) is 1.66. The van der Waals surface area contributed by atoms with E-state index < -0.39 is 15.4 Å². The lowest BCUT2D eigenvalue weighted by Crippen LogP contribution is -2.42. The highest BCUT2D eigenvalue weighted by atomic mass is 32.2. The molecule has 0 aromatic rings. The molecule has 1 atom stereocenters.